The molecular weight excluding hydrogens is 429 g/mol. The standard InChI is InChI=1S/C26H19Cl2NO2/c27-21-9-6-19(7-10-21)18-30-26-15-8-20(16-25(26)28)17-29-22-11-13-24(14-12-22)31-23-4-2-1-3-5-23/h1-17H,18H2. The minimum absolute atomic E-state index is 0.418. The summed E-state index contributed by atoms with van der Waals surface area (Å²) in [4.78, 5) is 4.50. The maximum Gasteiger partial charge on any atom is 0.138 e. The van der Waals surface area contributed by atoms with Gasteiger partial charge in [0.15, 0.2) is 0 Å². The largest absolute Gasteiger partial charge is 0.487 e. The molecule has 154 valence electrons. The van der Waals surface area contributed by atoms with Gasteiger partial charge in [-0.3, -0.25) is 4.99 Å². The average Bonchev–Trinajstić information content (AvgIpc) is 2.80. The molecule has 4 aromatic rings. The van der Waals surface area contributed by atoms with Gasteiger partial charge in [0.05, 0.1) is 10.7 Å². The van der Waals surface area contributed by atoms with Gasteiger partial charge in [-0.1, -0.05) is 53.5 Å². The molecule has 0 aromatic heterocycles. The van der Waals surface area contributed by atoms with Crippen LogP contribution in [0.25, 0.3) is 0 Å². The highest BCUT2D eigenvalue weighted by molar-refractivity contribution is 6.32. The van der Waals surface area contributed by atoms with Gasteiger partial charge in [-0.05, 0) is 77.9 Å². The molecule has 0 radical (unpaired) electrons. The Labute approximate surface area is 191 Å². The Hall–Kier alpha value is -3.27. The molecule has 0 aliphatic carbocycles. The summed E-state index contributed by atoms with van der Waals surface area (Å²) >= 11 is 12.3. The highest BCUT2D eigenvalue weighted by Crippen LogP contribution is 2.27. The average molecular weight is 448 g/mol. The minimum Gasteiger partial charge on any atom is -0.487 e. The Balaban J connectivity index is 1.36. The van der Waals surface area contributed by atoms with Crippen LogP contribution in [0, 0.1) is 0 Å². The molecule has 5 heteroatoms. The second-order valence-corrected chi connectivity index (χ2v) is 7.62. The van der Waals surface area contributed by atoms with E-state index < -0.39 is 0 Å². The zero-order valence-corrected chi connectivity index (χ0v) is 18.1. The van der Waals surface area contributed by atoms with E-state index in [1.807, 2.05) is 97.1 Å². The van der Waals surface area contributed by atoms with Gasteiger partial charge in [0.25, 0.3) is 0 Å². The van der Waals surface area contributed by atoms with Gasteiger partial charge < -0.3 is 9.47 Å². The minimum atomic E-state index is 0.418. The van der Waals surface area contributed by atoms with Crippen molar-refractivity contribution in [2.24, 2.45) is 4.99 Å². The molecule has 0 N–H and O–H groups in total. The molecule has 0 aliphatic rings. The first-order valence-electron chi connectivity index (χ1n) is 9.69. The highest BCUT2D eigenvalue weighted by Gasteiger charge is 2.04. The van der Waals surface area contributed by atoms with Crippen molar-refractivity contribution < 1.29 is 9.47 Å². The topological polar surface area (TPSA) is 30.8 Å². The van der Waals surface area contributed by atoms with E-state index in [0.717, 1.165) is 28.3 Å². The summed E-state index contributed by atoms with van der Waals surface area (Å²) in [6.45, 7) is 0.418. The van der Waals surface area contributed by atoms with Crippen LogP contribution in [0.1, 0.15) is 11.1 Å². The quantitative estimate of drug-likeness (QED) is 0.267. The number of hydrogen-bond acceptors (Lipinski definition) is 3. The molecule has 0 saturated carbocycles. The van der Waals surface area contributed by atoms with E-state index in [0.29, 0.717) is 22.4 Å². The van der Waals surface area contributed by atoms with Crippen LogP contribution in [0.4, 0.5) is 5.69 Å². The van der Waals surface area contributed by atoms with E-state index in [2.05, 4.69) is 4.99 Å². The van der Waals surface area contributed by atoms with Gasteiger partial charge in [0.1, 0.15) is 23.9 Å². The maximum absolute atomic E-state index is 6.38. The van der Waals surface area contributed by atoms with Crippen molar-refractivity contribution in [3.8, 4) is 17.2 Å². The van der Waals surface area contributed by atoms with Crippen LogP contribution in [0.15, 0.2) is 102 Å². The zero-order chi connectivity index (χ0) is 21.5. The highest BCUT2D eigenvalue weighted by atomic mass is 35.5. The predicted octanol–water partition coefficient (Wildman–Crippen LogP) is 8.12. The number of ether oxygens (including phenoxy) is 2. The Morgan fingerprint density at radius 3 is 2.16 bits per heavy atom. The number of benzene rings is 4. The summed E-state index contributed by atoms with van der Waals surface area (Å²) in [5.41, 5.74) is 2.72. The molecule has 0 aliphatic heterocycles. The Bertz CT molecular complexity index is 1160. The van der Waals surface area contributed by atoms with Gasteiger partial charge in [0, 0.05) is 11.2 Å². The molecule has 3 nitrogen and oxygen atoms in total. The van der Waals surface area contributed by atoms with Crippen LogP contribution in [-0.4, -0.2) is 6.21 Å². The van der Waals surface area contributed by atoms with Gasteiger partial charge in [-0.25, -0.2) is 0 Å². The molecular formula is C26H19Cl2NO2. The normalized spacial score (nSPS) is 10.9. The molecule has 0 bridgehead atoms. The number of para-hydroxylation sites is 1. The van der Waals surface area contributed by atoms with Gasteiger partial charge in [-0.15, -0.1) is 0 Å². The third kappa shape index (κ3) is 6.11. The summed E-state index contributed by atoms with van der Waals surface area (Å²) in [6.07, 6.45) is 1.77. The van der Waals surface area contributed by atoms with Gasteiger partial charge >= 0.3 is 0 Å². The number of aliphatic imine (C=N–C) groups is 1. The molecule has 0 unspecified atom stereocenters. The van der Waals surface area contributed by atoms with Crippen molar-refractivity contribution in [2.75, 3.05) is 0 Å². The van der Waals surface area contributed by atoms with E-state index in [4.69, 9.17) is 32.7 Å². The maximum atomic E-state index is 6.38. The van der Waals surface area contributed by atoms with Crippen molar-refractivity contribution in [3.63, 3.8) is 0 Å². The van der Waals surface area contributed by atoms with Crippen molar-refractivity contribution >= 4 is 35.1 Å². The molecule has 0 amide bonds. The second kappa shape index (κ2) is 10.2. The smallest absolute Gasteiger partial charge is 0.138 e. The van der Waals surface area contributed by atoms with Crippen molar-refractivity contribution in [2.45, 2.75) is 6.61 Å². The fourth-order valence-electron chi connectivity index (χ4n) is 2.83. The summed E-state index contributed by atoms with van der Waals surface area (Å²) in [5, 5.41) is 1.23. The Morgan fingerprint density at radius 1 is 0.742 bits per heavy atom. The number of halogens is 2. The van der Waals surface area contributed by atoms with Crippen LogP contribution in [-0.2, 0) is 6.61 Å². The summed E-state index contributed by atoms with van der Waals surface area (Å²) in [7, 11) is 0. The van der Waals surface area contributed by atoms with E-state index in [1.54, 1.807) is 6.21 Å². The van der Waals surface area contributed by atoms with Crippen molar-refractivity contribution in [1.82, 2.24) is 0 Å². The van der Waals surface area contributed by atoms with Crippen molar-refractivity contribution in [3.05, 3.63) is 118 Å². The summed E-state index contributed by atoms with van der Waals surface area (Å²) in [6, 6.07) is 30.4. The first-order valence-corrected chi connectivity index (χ1v) is 10.5. The Kier molecular flexibility index (Phi) is 6.88. The summed E-state index contributed by atoms with van der Waals surface area (Å²) < 4.78 is 11.6. The molecule has 0 saturated heterocycles. The first kappa shape index (κ1) is 21.0. The zero-order valence-electron chi connectivity index (χ0n) is 16.5. The van der Waals surface area contributed by atoms with E-state index in [1.165, 1.54) is 0 Å². The molecule has 4 rings (SSSR count). The van der Waals surface area contributed by atoms with Crippen LogP contribution >= 0.6 is 23.2 Å². The monoisotopic (exact) mass is 447 g/mol. The summed E-state index contributed by atoms with van der Waals surface area (Å²) in [5.74, 6) is 2.18. The third-order valence-corrected chi connectivity index (χ3v) is 4.99. The molecule has 0 spiro atoms. The predicted molar refractivity (Wildman–Crippen MR) is 127 cm³/mol. The molecule has 31 heavy (non-hydrogen) atoms. The lowest BCUT2D eigenvalue weighted by Gasteiger charge is -2.09. The lowest BCUT2D eigenvalue weighted by atomic mass is 10.2. The SMILES string of the molecule is Clc1ccc(COc2ccc(C=Nc3ccc(Oc4ccccc4)cc3)cc2Cl)cc1. The number of hydrogen-bond donors (Lipinski definition) is 0. The third-order valence-electron chi connectivity index (χ3n) is 4.44. The molecule has 0 fully saturated rings. The van der Waals surface area contributed by atoms with E-state index in [9.17, 15) is 0 Å². The first-order chi connectivity index (χ1) is 15.2. The van der Waals surface area contributed by atoms with Gasteiger partial charge in [-0.2, -0.15) is 0 Å². The Morgan fingerprint density at radius 2 is 1.45 bits per heavy atom. The fraction of sp³-hybridized carbons (Fsp3) is 0.0385. The lowest BCUT2D eigenvalue weighted by Crippen LogP contribution is -1.96. The lowest BCUT2D eigenvalue weighted by molar-refractivity contribution is 0.306. The van der Waals surface area contributed by atoms with E-state index >= 15 is 0 Å². The van der Waals surface area contributed by atoms with Gasteiger partial charge in [0.2, 0.25) is 0 Å². The number of nitrogens with zero attached hydrogens (tertiary/aromatic N) is 1. The van der Waals surface area contributed by atoms with Crippen molar-refractivity contribution in [1.29, 1.82) is 0 Å². The molecule has 4 aromatic carbocycles. The molecule has 0 heterocycles. The van der Waals surface area contributed by atoms with E-state index in [-0.39, 0.29) is 0 Å². The molecule has 0 atom stereocenters. The fourth-order valence-corrected chi connectivity index (χ4v) is 3.20. The van der Waals surface area contributed by atoms with Crippen LogP contribution in [0.2, 0.25) is 10.0 Å². The number of rotatable bonds is 7. The van der Waals surface area contributed by atoms with Crippen LogP contribution in [0.5, 0.6) is 17.2 Å². The van der Waals surface area contributed by atoms with Crippen LogP contribution < -0.4 is 9.47 Å². The second-order valence-electron chi connectivity index (χ2n) is 6.77. The van der Waals surface area contributed by atoms with Crippen LogP contribution in [0.3, 0.4) is 0 Å².